The van der Waals surface area contributed by atoms with E-state index in [1.165, 1.54) is 6.42 Å². The van der Waals surface area contributed by atoms with E-state index in [9.17, 15) is 9.59 Å². The lowest BCUT2D eigenvalue weighted by Crippen LogP contribution is -2.52. The second kappa shape index (κ2) is 12.5. The number of nitrogens with zero attached hydrogens (tertiary/aromatic N) is 1. The standard InChI is InChI=1S/C27H34Cl2N2O3/c1-4-24(27(33)30-22-8-6-5-7-9-22)31(16-20-11-12-21(28)15-23(20)29)26(32)17-34-25-13-10-18(2)14-19(25)3/h10-15,22,24H,4-9,16-17H2,1-3H3,(H,30,33)/t24-/m0/s1. The first-order chi connectivity index (χ1) is 16.3. The van der Waals surface area contributed by atoms with E-state index < -0.39 is 6.04 Å². The van der Waals surface area contributed by atoms with Crippen LogP contribution in [0.15, 0.2) is 36.4 Å². The zero-order chi connectivity index (χ0) is 24.7. The van der Waals surface area contributed by atoms with Crippen molar-refractivity contribution < 1.29 is 14.3 Å². The van der Waals surface area contributed by atoms with E-state index in [1.54, 1.807) is 23.1 Å². The zero-order valence-corrected chi connectivity index (χ0v) is 21.7. The Kier molecular flexibility index (Phi) is 9.66. The topological polar surface area (TPSA) is 58.6 Å². The van der Waals surface area contributed by atoms with Crippen LogP contribution in [0.4, 0.5) is 0 Å². The van der Waals surface area contributed by atoms with Gasteiger partial charge in [0, 0.05) is 22.6 Å². The highest BCUT2D eigenvalue weighted by molar-refractivity contribution is 6.35. The molecule has 1 N–H and O–H groups in total. The lowest BCUT2D eigenvalue weighted by Gasteiger charge is -2.33. The maximum Gasteiger partial charge on any atom is 0.261 e. The maximum atomic E-state index is 13.4. The molecule has 0 saturated heterocycles. The minimum atomic E-state index is -0.621. The number of hydrogen-bond acceptors (Lipinski definition) is 3. The van der Waals surface area contributed by atoms with Gasteiger partial charge in [0.15, 0.2) is 6.61 Å². The van der Waals surface area contributed by atoms with Crippen LogP contribution in [0, 0.1) is 13.8 Å². The first-order valence-electron chi connectivity index (χ1n) is 12.0. The van der Waals surface area contributed by atoms with Crippen LogP contribution in [0.1, 0.15) is 62.1 Å². The number of ether oxygens (including phenoxy) is 1. The summed E-state index contributed by atoms with van der Waals surface area (Å²) in [5, 5.41) is 4.16. The molecule has 1 aliphatic rings. The summed E-state index contributed by atoms with van der Waals surface area (Å²) >= 11 is 12.5. The summed E-state index contributed by atoms with van der Waals surface area (Å²) in [6.45, 7) is 5.91. The fraction of sp³-hybridized carbons (Fsp3) is 0.481. The van der Waals surface area contributed by atoms with Gasteiger partial charge in [-0.15, -0.1) is 0 Å². The highest BCUT2D eigenvalue weighted by Crippen LogP contribution is 2.25. The zero-order valence-electron chi connectivity index (χ0n) is 20.2. The number of rotatable bonds is 9. The number of aryl methyl sites for hydroxylation is 2. The molecule has 1 atom stereocenters. The highest BCUT2D eigenvalue weighted by atomic mass is 35.5. The van der Waals surface area contributed by atoms with Gasteiger partial charge in [0.1, 0.15) is 11.8 Å². The van der Waals surface area contributed by atoms with Crippen LogP contribution in [-0.2, 0) is 16.1 Å². The molecule has 1 saturated carbocycles. The molecule has 0 bridgehead atoms. The van der Waals surface area contributed by atoms with Gasteiger partial charge in [0.25, 0.3) is 5.91 Å². The second-order valence-corrected chi connectivity index (χ2v) is 9.93. The van der Waals surface area contributed by atoms with Gasteiger partial charge in [-0.2, -0.15) is 0 Å². The Morgan fingerprint density at radius 2 is 1.82 bits per heavy atom. The SMILES string of the molecule is CC[C@@H](C(=O)NC1CCCCC1)N(Cc1ccc(Cl)cc1Cl)C(=O)COc1ccc(C)cc1C. The van der Waals surface area contributed by atoms with Crippen molar-refractivity contribution in [3.05, 3.63) is 63.1 Å². The fourth-order valence-electron chi connectivity index (χ4n) is 4.48. The Hall–Kier alpha value is -2.24. The fourth-order valence-corrected chi connectivity index (χ4v) is 4.95. The summed E-state index contributed by atoms with van der Waals surface area (Å²) in [5.74, 6) is 0.263. The van der Waals surface area contributed by atoms with Crippen molar-refractivity contribution in [2.75, 3.05) is 6.61 Å². The average Bonchev–Trinajstić information content (AvgIpc) is 2.80. The summed E-state index contributed by atoms with van der Waals surface area (Å²) in [7, 11) is 0. The Morgan fingerprint density at radius 3 is 2.47 bits per heavy atom. The smallest absolute Gasteiger partial charge is 0.261 e. The van der Waals surface area contributed by atoms with Gasteiger partial charge < -0.3 is 15.0 Å². The third kappa shape index (κ3) is 7.13. The van der Waals surface area contributed by atoms with E-state index in [0.29, 0.717) is 22.2 Å². The molecule has 184 valence electrons. The summed E-state index contributed by atoms with van der Waals surface area (Å²) < 4.78 is 5.87. The van der Waals surface area contributed by atoms with E-state index in [0.717, 1.165) is 42.4 Å². The Bertz CT molecular complexity index is 1010. The van der Waals surface area contributed by atoms with Gasteiger partial charge >= 0.3 is 0 Å². The number of carbonyl (C=O) groups excluding carboxylic acids is 2. The Balaban J connectivity index is 1.80. The predicted octanol–water partition coefficient (Wildman–Crippen LogP) is 6.25. The van der Waals surface area contributed by atoms with Crippen LogP contribution in [0.25, 0.3) is 0 Å². The molecule has 2 aromatic carbocycles. The molecule has 0 aromatic heterocycles. The quantitative estimate of drug-likeness (QED) is 0.439. The monoisotopic (exact) mass is 504 g/mol. The van der Waals surface area contributed by atoms with Crippen LogP contribution < -0.4 is 10.1 Å². The Labute approximate surface area is 212 Å². The molecule has 0 spiro atoms. The van der Waals surface area contributed by atoms with Crippen LogP contribution in [0.2, 0.25) is 10.0 Å². The molecule has 34 heavy (non-hydrogen) atoms. The molecular formula is C27H34Cl2N2O3. The minimum Gasteiger partial charge on any atom is -0.483 e. The molecule has 2 aromatic rings. The van der Waals surface area contributed by atoms with E-state index in [-0.39, 0.29) is 31.0 Å². The van der Waals surface area contributed by atoms with Crippen LogP contribution in [-0.4, -0.2) is 35.4 Å². The van der Waals surface area contributed by atoms with E-state index in [2.05, 4.69) is 5.32 Å². The van der Waals surface area contributed by atoms with Crippen molar-refractivity contribution in [3.8, 4) is 5.75 Å². The number of nitrogens with one attached hydrogen (secondary N) is 1. The van der Waals surface area contributed by atoms with E-state index in [4.69, 9.17) is 27.9 Å². The van der Waals surface area contributed by atoms with Crippen molar-refractivity contribution in [2.45, 2.75) is 77.9 Å². The molecule has 0 aliphatic heterocycles. The first-order valence-corrected chi connectivity index (χ1v) is 12.8. The van der Waals surface area contributed by atoms with Crippen molar-refractivity contribution in [1.82, 2.24) is 10.2 Å². The molecule has 0 radical (unpaired) electrons. The van der Waals surface area contributed by atoms with Crippen LogP contribution in [0.3, 0.4) is 0 Å². The van der Waals surface area contributed by atoms with Gasteiger partial charge in [-0.3, -0.25) is 9.59 Å². The molecule has 3 rings (SSSR count). The summed E-state index contributed by atoms with van der Waals surface area (Å²) in [6.07, 6.45) is 5.89. The summed E-state index contributed by atoms with van der Waals surface area (Å²) in [5.41, 5.74) is 2.82. The molecule has 5 nitrogen and oxygen atoms in total. The van der Waals surface area contributed by atoms with Crippen molar-refractivity contribution >= 4 is 35.0 Å². The normalized spacial score (nSPS) is 15.0. The molecule has 7 heteroatoms. The largest absolute Gasteiger partial charge is 0.483 e. The third-order valence-corrected chi connectivity index (χ3v) is 6.96. The summed E-state index contributed by atoms with van der Waals surface area (Å²) in [4.78, 5) is 28.3. The number of amides is 2. The first kappa shape index (κ1) is 26.4. The number of hydrogen-bond donors (Lipinski definition) is 1. The lowest BCUT2D eigenvalue weighted by atomic mass is 9.95. The highest BCUT2D eigenvalue weighted by Gasteiger charge is 2.31. The number of benzene rings is 2. The van der Waals surface area contributed by atoms with E-state index >= 15 is 0 Å². The molecule has 1 fully saturated rings. The van der Waals surface area contributed by atoms with Gasteiger partial charge in [-0.25, -0.2) is 0 Å². The van der Waals surface area contributed by atoms with Gasteiger partial charge in [-0.1, -0.05) is 73.2 Å². The van der Waals surface area contributed by atoms with Crippen molar-refractivity contribution in [1.29, 1.82) is 0 Å². The minimum absolute atomic E-state index is 0.126. The second-order valence-electron chi connectivity index (χ2n) is 9.08. The average molecular weight is 505 g/mol. The third-order valence-electron chi connectivity index (χ3n) is 6.37. The molecule has 0 heterocycles. The van der Waals surface area contributed by atoms with E-state index in [1.807, 2.05) is 39.0 Å². The van der Waals surface area contributed by atoms with Crippen LogP contribution >= 0.6 is 23.2 Å². The van der Waals surface area contributed by atoms with Gasteiger partial charge in [0.2, 0.25) is 5.91 Å². The molecule has 0 unspecified atom stereocenters. The maximum absolute atomic E-state index is 13.4. The van der Waals surface area contributed by atoms with Crippen molar-refractivity contribution in [3.63, 3.8) is 0 Å². The van der Waals surface area contributed by atoms with Gasteiger partial charge in [0.05, 0.1) is 0 Å². The number of halogens is 2. The molecular weight excluding hydrogens is 471 g/mol. The van der Waals surface area contributed by atoms with Crippen molar-refractivity contribution in [2.24, 2.45) is 0 Å². The Morgan fingerprint density at radius 1 is 1.09 bits per heavy atom. The van der Waals surface area contributed by atoms with Gasteiger partial charge in [-0.05, 0) is 62.4 Å². The lowest BCUT2D eigenvalue weighted by molar-refractivity contribution is -0.143. The molecule has 2 amide bonds. The number of carbonyl (C=O) groups is 2. The van der Waals surface area contributed by atoms with Crippen LogP contribution in [0.5, 0.6) is 5.75 Å². The predicted molar refractivity (Wildman–Crippen MR) is 138 cm³/mol. The molecule has 1 aliphatic carbocycles. The summed E-state index contributed by atoms with van der Waals surface area (Å²) in [6, 6.07) is 10.5.